The van der Waals surface area contributed by atoms with Gasteiger partial charge in [-0.25, -0.2) is 13.2 Å². The van der Waals surface area contributed by atoms with Crippen LogP contribution in [0.1, 0.15) is 19.8 Å². The van der Waals surface area contributed by atoms with Crippen LogP contribution in [0.3, 0.4) is 0 Å². The Kier molecular flexibility index (Phi) is 5.02. The monoisotopic (exact) mass is 226 g/mol. The quantitative estimate of drug-likeness (QED) is 0.308. The van der Waals surface area contributed by atoms with Gasteiger partial charge in [-0.3, -0.25) is 0 Å². The minimum absolute atomic E-state index is 0.181. The van der Waals surface area contributed by atoms with E-state index in [1.165, 1.54) is 0 Å². The van der Waals surface area contributed by atoms with Gasteiger partial charge in [0, 0.05) is 10.7 Å². The van der Waals surface area contributed by atoms with Crippen molar-refractivity contribution in [2.24, 2.45) is 0 Å². The molecule has 0 aliphatic heterocycles. The fourth-order valence-corrected chi connectivity index (χ4v) is 0.936. The average Bonchev–Trinajstić information content (AvgIpc) is 2.01. The van der Waals surface area contributed by atoms with Gasteiger partial charge in [-0.1, -0.05) is 19.9 Å². The van der Waals surface area contributed by atoms with Gasteiger partial charge < -0.3 is 4.74 Å². The molecule has 0 atom stereocenters. The second kappa shape index (κ2) is 5.24. The summed E-state index contributed by atoms with van der Waals surface area (Å²) in [7, 11) is 0.827. The minimum Gasteiger partial charge on any atom is -0.462 e. The summed E-state index contributed by atoms with van der Waals surface area (Å²) in [5.41, 5.74) is 0. The number of unbranched alkanes of at least 4 members (excludes halogenated alkanes) is 1. The summed E-state index contributed by atoms with van der Waals surface area (Å²) in [5.74, 6) is -0.983. The molecule has 6 heteroatoms. The fraction of sp³-hybridized carbons (Fsp3) is 0.571. The summed E-state index contributed by atoms with van der Waals surface area (Å²) >= 11 is 0. The van der Waals surface area contributed by atoms with Crippen LogP contribution in [0.2, 0.25) is 0 Å². The first-order valence-corrected chi connectivity index (χ1v) is 6.01. The number of rotatable bonds is 5. The Morgan fingerprint density at radius 2 is 2.08 bits per heavy atom. The van der Waals surface area contributed by atoms with E-state index in [2.05, 4.69) is 11.3 Å². The Balaban J connectivity index is 4.07. The molecule has 0 heterocycles. The van der Waals surface area contributed by atoms with Crippen LogP contribution in [0.4, 0.5) is 0 Å². The number of hydrogen-bond acceptors (Lipinski definition) is 4. The number of carbonyl (C=O) groups excluding carboxylic acids is 1. The van der Waals surface area contributed by atoms with Gasteiger partial charge in [-0.2, -0.15) is 0 Å². The topological polar surface area (TPSA) is 60.4 Å². The molecule has 0 saturated heterocycles. The summed E-state index contributed by atoms with van der Waals surface area (Å²) in [5, 5.41) is 0. The molecule has 0 aliphatic rings. The van der Waals surface area contributed by atoms with Crippen molar-refractivity contribution < 1.29 is 17.9 Å². The second-order valence-electron chi connectivity index (χ2n) is 2.35. The first kappa shape index (κ1) is 12.4. The lowest BCUT2D eigenvalue weighted by molar-refractivity contribution is -0.138. The zero-order chi connectivity index (χ0) is 10.5. The van der Waals surface area contributed by atoms with Gasteiger partial charge in [0.1, 0.15) is 0 Å². The molecule has 0 amide bonds. The van der Waals surface area contributed by atoms with E-state index in [1.807, 2.05) is 6.92 Å². The van der Waals surface area contributed by atoms with Crippen molar-refractivity contribution in [2.75, 3.05) is 6.61 Å². The Morgan fingerprint density at radius 1 is 1.54 bits per heavy atom. The smallest absolute Gasteiger partial charge is 0.350 e. The number of carbonyl (C=O) groups is 1. The normalized spacial score (nSPS) is 10.9. The molecule has 0 saturated carbocycles. The molecule has 4 nitrogen and oxygen atoms in total. The van der Waals surface area contributed by atoms with E-state index in [-0.39, 0.29) is 6.61 Å². The lowest BCUT2D eigenvalue weighted by atomic mass is 10.4. The maximum Gasteiger partial charge on any atom is 0.350 e. The molecule has 13 heavy (non-hydrogen) atoms. The maximum atomic E-state index is 10.9. The molecule has 0 rings (SSSR count). The number of halogens is 1. The molecular weight excluding hydrogens is 216 g/mol. The molecule has 0 unspecified atom stereocenters. The number of esters is 1. The van der Waals surface area contributed by atoms with Crippen molar-refractivity contribution in [1.82, 2.24) is 0 Å². The largest absolute Gasteiger partial charge is 0.462 e. The molecular formula is C7H11ClO4S. The lowest BCUT2D eigenvalue weighted by Gasteiger charge is -2.02. The third kappa shape index (κ3) is 4.90. The van der Waals surface area contributed by atoms with Crippen LogP contribution < -0.4 is 0 Å². The van der Waals surface area contributed by atoms with Crippen LogP contribution in [0, 0.1) is 0 Å². The Morgan fingerprint density at radius 3 is 2.46 bits per heavy atom. The highest BCUT2D eigenvalue weighted by molar-refractivity contribution is 8.17. The van der Waals surface area contributed by atoms with Gasteiger partial charge in [0.25, 0.3) is 9.05 Å². The van der Waals surface area contributed by atoms with Gasteiger partial charge in [-0.05, 0) is 6.42 Å². The minimum atomic E-state index is -4.04. The van der Waals surface area contributed by atoms with Crippen molar-refractivity contribution in [3.8, 4) is 0 Å². The van der Waals surface area contributed by atoms with Crippen molar-refractivity contribution in [2.45, 2.75) is 19.8 Å². The van der Waals surface area contributed by atoms with Crippen LogP contribution in [0.25, 0.3) is 0 Å². The number of ether oxygens (including phenoxy) is 1. The van der Waals surface area contributed by atoms with Crippen LogP contribution in [0.15, 0.2) is 11.5 Å². The van der Waals surface area contributed by atoms with Crippen molar-refractivity contribution in [3.05, 3.63) is 11.5 Å². The number of hydrogen-bond donors (Lipinski definition) is 0. The van der Waals surface area contributed by atoms with E-state index >= 15 is 0 Å². The Labute approximate surface area is 81.9 Å². The van der Waals surface area contributed by atoms with E-state index < -0.39 is 19.9 Å². The molecule has 0 bridgehead atoms. The highest BCUT2D eigenvalue weighted by Crippen LogP contribution is 2.11. The summed E-state index contributed by atoms with van der Waals surface area (Å²) in [4.78, 5) is 10.2. The molecule has 0 fully saturated rings. The van der Waals surface area contributed by atoms with E-state index in [9.17, 15) is 13.2 Å². The van der Waals surface area contributed by atoms with Gasteiger partial charge >= 0.3 is 5.97 Å². The molecule has 0 radical (unpaired) electrons. The van der Waals surface area contributed by atoms with Gasteiger partial charge in [-0.15, -0.1) is 0 Å². The summed E-state index contributed by atoms with van der Waals surface area (Å²) in [6, 6.07) is 0. The van der Waals surface area contributed by atoms with Crippen LogP contribution in [0.5, 0.6) is 0 Å². The van der Waals surface area contributed by atoms with E-state index in [4.69, 9.17) is 10.7 Å². The first-order chi connectivity index (χ1) is 5.89. The van der Waals surface area contributed by atoms with E-state index in [0.29, 0.717) is 6.42 Å². The third-order valence-electron chi connectivity index (χ3n) is 1.25. The zero-order valence-corrected chi connectivity index (χ0v) is 8.82. The summed E-state index contributed by atoms with van der Waals surface area (Å²) in [6.07, 6.45) is 1.54. The highest BCUT2D eigenvalue weighted by atomic mass is 35.7. The van der Waals surface area contributed by atoms with Gasteiger partial charge in [0.2, 0.25) is 0 Å². The van der Waals surface area contributed by atoms with Crippen LogP contribution >= 0.6 is 10.7 Å². The SMILES string of the molecule is C=C(C(=O)OCCCC)S(=O)(=O)Cl. The maximum absolute atomic E-state index is 10.9. The Hall–Kier alpha value is -0.550. The standard InChI is InChI=1S/C7H11ClO4S/c1-3-4-5-12-7(9)6(2)13(8,10)11/h2-5H2,1H3. The molecule has 0 aliphatic carbocycles. The first-order valence-electron chi connectivity index (χ1n) is 3.70. The molecule has 0 N–H and O–H groups in total. The summed E-state index contributed by atoms with van der Waals surface area (Å²) in [6.45, 7) is 5.11. The molecule has 0 aromatic heterocycles. The lowest BCUT2D eigenvalue weighted by Crippen LogP contribution is -2.12. The predicted octanol–water partition coefficient (Wildman–Crippen LogP) is 1.41. The molecule has 0 spiro atoms. The van der Waals surface area contributed by atoms with E-state index in [1.54, 1.807) is 0 Å². The Bertz CT molecular complexity index is 294. The van der Waals surface area contributed by atoms with Crippen molar-refractivity contribution in [3.63, 3.8) is 0 Å². The highest BCUT2D eigenvalue weighted by Gasteiger charge is 2.20. The average molecular weight is 227 g/mol. The second-order valence-corrected chi connectivity index (χ2v) is 4.94. The van der Waals surface area contributed by atoms with Gasteiger partial charge in [0.05, 0.1) is 6.61 Å². The molecule has 76 valence electrons. The van der Waals surface area contributed by atoms with Crippen LogP contribution in [-0.2, 0) is 18.6 Å². The zero-order valence-electron chi connectivity index (χ0n) is 7.25. The fourth-order valence-electron chi connectivity index (χ4n) is 0.489. The summed E-state index contributed by atoms with van der Waals surface area (Å²) < 4.78 is 25.7. The van der Waals surface area contributed by atoms with E-state index in [0.717, 1.165) is 6.42 Å². The van der Waals surface area contributed by atoms with Crippen molar-refractivity contribution in [1.29, 1.82) is 0 Å². The predicted molar refractivity (Wildman–Crippen MR) is 49.8 cm³/mol. The molecule has 0 aromatic rings. The molecule has 0 aromatic carbocycles. The van der Waals surface area contributed by atoms with Crippen LogP contribution in [-0.4, -0.2) is 21.0 Å². The van der Waals surface area contributed by atoms with Gasteiger partial charge in [0.15, 0.2) is 4.91 Å². The third-order valence-corrected chi connectivity index (χ3v) is 2.57. The van der Waals surface area contributed by atoms with Crippen molar-refractivity contribution >= 4 is 25.7 Å².